The van der Waals surface area contributed by atoms with Crippen LogP contribution in [0, 0.1) is 0 Å². The van der Waals surface area contributed by atoms with E-state index in [4.69, 9.17) is 28.2 Å². The summed E-state index contributed by atoms with van der Waals surface area (Å²) >= 11 is 6.09. The van der Waals surface area contributed by atoms with Gasteiger partial charge in [0.2, 0.25) is 11.9 Å². The van der Waals surface area contributed by atoms with Crippen LogP contribution < -0.4 is 16.8 Å². The topological polar surface area (TPSA) is 127 Å². The van der Waals surface area contributed by atoms with Gasteiger partial charge < -0.3 is 21.9 Å². The molecule has 2 aromatic carbocycles. The van der Waals surface area contributed by atoms with Crippen LogP contribution in [-0.4, -0.2) is 33.6 Å². The molecule has 1 atom stereocenters. The second kappa shape index (κ2) is 7.02. The molecule has 3 aromatic rings. The summed E-state index contributed by atoms with van der Waals surface area (Å²) in [5.41, 5.74) is 13.9. The molecule has 8 heteroatoms. The molecule has 0 fully saturated rings. The van der Waals surface area contributed by atoms with E-state index in [0.717, 1.165) is 10.9 Å². The first-order chi connectivity index (χ1) is 12.0. The highest BCUT2D eigenvalue weighted by atomic mass is 35.5. The highest BCUT2D eigenvalue weighted by Gasteiger charge is 2.14. The number of rotatable bonds is 4. The fourth-order valence-corrected chi connectivity index (χ4v) is 2.57. The zero-order chi connectivity index (χ0) is 18.0. The third-order valence-corrected chi connectivity index (χ3v) is 3.85. The van der Waals surface area contributed by atoms with Crippen molar-refractivity contribution in [2.45, 2.75) is 6.04 Å². The molecule has 0 unspecified atom stereocenters. The van der Waals surface area contributed by atoms with Crippen molar-refractivity contribution in [3.63, 3.8) is 0 Å². The van der Waals surface area contributed by atoms with E-state index in [9.17, 15) is 4.79 Å². The number of carbonyl (C=O) groups excluding carboxylic acids is 1. The van der Waals surface area contributed by atoms with Gasteiger partial charge in [-0.25, -0.2) is 9.97 Å². The molecule has 7 nitrogen and oxygen atoms in total. The summed E-state index contributed by atoms with van der Waals surface area (Å²) in [6, 6.07) is 11.3. The molecule has 25 heavy (non-hydrogen) atoms. The first kappa shape index (κ1) is 17.1. The predicted octanol–water partition coefficient (Wildman–Crippen LogP) is 1.79. The largest absolute Gasteiger partial charge is 0.394 e. The molecule has 0 aliphatic carbocycles. The third-order valence-electron chi connectivity index (χ3n) is 3.61. The molecule has 6 N–H and O–H groups in total. The van der Waals surface area contributed by atoms with Gasteiger partial charge in [-0.3, -0.25) is 4.79 Å². The van der Waals surface area contributed by atoms with Gasteiger partial charge in [-0.05, 0) is 30.3 Å². The monoisotopic (exact) mass is 357 g/mol. The quantitative estimate of drug-likeness (QED) is 0.563. The van der Waals surface area contributed by atoms with Crippen LogP contribution in [0.5, 0.6) is 0 Å². The maximum absolute atomic E-state index is 11.8. The van der Waals surface area contributed by atoms with Gasteiger partial charge in [0.25, 0.3) is 0 Å². The van der Waals surface area contributed by atoms with Crippen LogP contribution in [0.15, 0.2) is 42.5 Å². The fraction of sp³-hybridized carbons (Fsp3) is 0.118. The smallest absolute Gasteiger partial charge is 0.243 e. The summed E-state index contributed by atoms with van der Waals surface area (Å²) in [5, 5.41) is 12.9. The normalized spacial score (nSPS) is 12.1. The van der Waals surface area contributed by atoms with Gasteiger partial charge in [0.1, 0.15) is 6.04 Å². The van der Waals surface area contributed by atoms with Crippen LogP contribution >= 0.6 is 11.6 Å². The zero-order valence-electron chi connectivity index (χ0n) is 13.1. The zero-order valence-corrected chi connectivity index (χ0v) is 13.9. The number of amides is 1. The molecule has 0 aliphatic rings. The van der Waals surface area contributed by atoms with Gasteiger partial charge in [-0.2, -0.15) is 0 Å². The average Bonchev–Trinajstić information content (AvgIpc) is 2.60. The molecule has 0 radical (unpaired) electrons. The number of aliphatic hydroxyl groups is 1. The van der Waals surface area contributed by atoms with E-state index in [1.165, 1.54) is 0 Å². The van der Waals surface area contributed by atoms with E-state index in [0.29, 0.717) is 21.9 Å². The molecule has 3 rings (SSSR count). The van der Waals surface area contributed by atoms with E-state index in [-0.39, 0.29) is 5.95 Å². The summed E-state index contributed by atoms with van der Waals surface area (Å²) in [6.07, 6.45) is 0. The van der Waals surface area contributed by atoms with E-state index in [2.05, 4.69) is 15.3 Å². The van der Waals surface area contributed by atoms with Crippen molar-refractivity contribution in [2.24, 2.45) is 5.73 Å². The van der Waals surface area contributed by atoms with Crippen molar-refractivity contribution in [3.8, 4) is 11.3 Å². The van der Waals surface area contributed by atoms with Crippen LogP contribution in [0.2, 0.25) is 5.02 Å². The molecule has 0 saturated heterocycles. The van der Waals surface area contributed by atoms with Crippen LogP contribution in [-0.2, 0) is 4.79 Å². The predicted molar refractivity (Wildman–Crippen MR) is 98.1 cm³/mol. The van der Waals surface area contributed by atoms with Gasteiger partial charge in [-0.15, -0.1) is 0 Å². The van der Waals surface area contributed by atoms with Crippen molar-refractivity contribution < 1.29 is 9.90 Å². The van der Waals surface area contributed by atoms with E-state index in [1.54, 1.807) is 36.4 Å². The second-order valence-corrected chi connectivity index (χ2v) is 5.89. The Labute approximate surface area is 148 Å². The number of fused-ring (bicyclic) bond motifs is 1. The van der Waals surface area contributed by atoms with E-state index >= 15 is 0 Å². The van der Waals surface area contributed by atoms with E-state index in [1.807, 2.05) is 6.07 Å². The number of nitrogen functional groups attached to an aromatic ring is 1. The Balaban J connectivity index is 2.05. The highest BCUT2D eigenvalue weighted by Crippen LogP contribution is 2.30. The molecule has 128 valence electrons. The lowest BCUT2D eigenvalue weighted by molar-refractivity contribution is -0.118. The number of nitrogens with zero attached hydrogens (tertiary/aromatic N) is 2. The lowest BCUT2D eigenvalue weighted by atomic mass is 10.1. The lowest BCUT2D eigenvalue weighted by Gasteiger charge is -2.12. The Morgan fingerprint density at radius 1 is 1.24 bits per heavy atom. The summed E-state index contributed by atoms with van der Waals surface area (Å²) in [6.45, 7) is -0.433. The molecule has 0 bridgehead atoms. The number of aliphatic hydroxyl groups excluding tert-OH is 1. The van der Waals surface area contributed by atoms with Gasteiger partial charge in [0.15, 0.2) is 0 Å². The van der Waals surface area contributed by atoms with Gasteiger partial charge >= 0.3 is 0 Å². The Morgan fingerprint density at radius 2 is 2.04 bits per heavy atom. The third kappa shape index (κ3) is 3.69. The van der Waals surface area contributed by atoms with Crippen molar-refractivity contribution in [2.75, 3.05) is 17.7 Å². The number of halogens is 1. The van der Waals surface area contributed by atoms with Gasteiger partial charge in [0, 0.05) is 21.7 Å². The number of carbonyl (C=O) groups is 1. The number of aromatic nitrogens is 2. The van der Waals surface area contributed by atoms with Gasteiger partial charge in [0.05, 0.1) is 17.8 Å². The summed E-state index contributed by atoms with van der Waals surface area (Å²) in [7, 11) is 0. The standard InChI is InChI=1S/C17H16ClN5O2/c18-10-4-5-14-12(7-10)15(23-17(20)22-14)9-2-1-3-11(6-9)21-16(25)13(19)8-24/h1-7,13,24H,8,19H2,(H,21,25)(H2,20,22,23)/t13-/m1/s1. The molecule has 0 saturated carbocycles. The summed E-state index contributed by atoms with van der Waals surface area (Å²) in [5.74, 6) is -0.337. The van der Waals surface area contributed by atoms with Crippen molar-refractivity contribution in [1.82, 2.24) is 9.97 Å². The SMILES string of the molecule is Nc1nc(-c2cccc(NC(=O)[C@H](N)CO)c2)c2cc(Cl)ccc2n1. The number of benzene rings is 2. The van der Waals surface area contributed by atoms with Crippen LogP contribution in [0.4, 0.5) is 11.6 Å². The molecule has 1 aromatic heterocycles. The van der Waals surface area contributed by atoms with Crippen molar-refractivity contribution >= 4 is 40.0 Å². The minimum Gasteiger partial charge on any atom is -0.394 e. The maximum atomic E-state index is 11.8. The summed E-state index contributed by atoms with van der Waals surface area (Å²) in [4.78, 5) is 20.4. The minimum atomic E-state index is -0.988. The van der Waals surface area contributed by atoms with Crippen molar-refractivity contribution in [1.29, 1.82) is 0 Å². The number of hydrogen-bond acceptors (Lipinski definition) is 6. The van der Waals surface area contributed by atoms with Crippen LogP contribution in [0.3, 0.4) is 0 Å². The molecular formula is C17H16ClN5O2. The number of nitrogens with one attached hydrogen (secondary N) is 1. The van der Waals surface area contributed by atoms with Crippen LogP contribution in [0.25, 0.3) is 22.2 Å². The number of nitrogens with two attached hydrogens (primary N) is 2. The molecule has 0 aliphatic heterocycles. The first-order valence-electron chi connectivity index (χ1n) is 7.48. The molecule has 1 heterocycles. The van der Waals surface area contributed by atoms with Crippen molar-refractivity contribution in [3.05, 3.63) is 47.5 Å². The second-order valence-electron chi connectivity index (χ2n) is 5.45. The highest BCUT2D eigenvalue weighted by molar-refractivity contribution is 6.31. The molecular weight excluding hydrogens is 342 g/mol. The Hall–Kier alpha value is -2.74. The van der Waals surface area contributed by atoms with Crippen LogP contribution in [0.1, 0.15) is 0 Å². The van der Waals surface area contributed by atoms with E-state index < -0.39 is 18.6 Å². The Bertz CT molecular complexity index is 947. The Kier molecular flexibility index (Phi) is 4.80. The Morgan fingerprint density at radius 3 is 2.80 bits per heavy atom. The minimum absolute atomic E-state index is 0.140. The average molecular weight is 358 g/mol. The molecule has 0 spiro atoms. The summed E-state index contributed by atoms with van der Waals surface area (Å²) < 4.78 is 0. The maximum Gasteiger partial charge on any atom is 0.243 e. The fourth-order valence-electron chi connectivity index (χ4n) is 2.40. The number of anilines is 2. The number of hydrogen-bond donors (Lipinski definition) is 4. The van der Waals surface area contributed by atoms with Gasteiger partial charge in [-0.1, -0.05) is 23.7 Å². The lowest BCUT2D eigenvalue weighted by Crippen LogP contribution is -2.38. The molecule has 1 amide bonds. The first-order valence-corrected chi connectivity index (χ1v) is 7.86.